The second-order valence-electron chi connectivity index (χ2n) is 4.99. The van der Waals surface area contributed by atoms with Gasteiger partial charge in [0.25, 0.3) is 5.91 Å². The molecule has 0 bridgehead atoms. The smallest absolute Gasteiger partial charge is 0.251 e. The van der Waals surface area contributed by atoms with Gasteiger partial charge in [0.2, 0.25) is 0 Å². The van der Waals surface area contributed by atoms with Gasteiger partial charge in [-0.1, -0.05) is 24.4 Å². The molecule has 0 heterocycles. The van der Waals surface area contributed by atoms with Gasteiger partial charge in [-0.3, -0.25) is 4.79 Å². The summed E-state index contributed by atoms with van der Waals surface area (Å²) < 4.78 is 13.1. The fourth-order valence-electron chi connectivity index (χ4n) is 2.57. The molecular formula is C14H19Cl2FN2O. The first kappa shape index (κ1) is 17.2. The summed E-state index contributed by atoms with van der Waals surface area (Å²) in [4.78, 5) is 12.1. The lowest BCUT2D eigenvalue weighted by atomic mass is 9.84. The molecule has 6 heteroatoms. The number of carbonyl (C=O) groups is 1. The van der Waals surface area contributed by atoms with Gasteiger partial charge >= 0.3 is 0 Å². The van der Waals surface area contributed by atoms with Crippen molar-refractivity contribution < 1.29 is 9.18 Å². The van der Waals surface area contributed by atoms with E-state index in [4.69, 9.17) is 17.3 Å². The number of hydrogen-bond acceptors (Lipinski definition) is 2. The summed E-state index contributed by atoms with van der Waals surface area (Å²) >= 11 is 5.68. The van der Waals surface area contributed by atoms with Gasteiger partial charge in [0.05, 0.1) is 5.02 Å². The summed E-state index contributed by atoms with van der Waals surface area (Å²) in [6.07, 6.45) is 4.26. The molecule has 0 saturated heterocycles. The minimum Gasteiger partial charge on any atom is -0.349 e. The largest absolute Gasteiger partial charge is 0.349 e. The maximum Gasteiger partial charge on any atom is 0.251 e. The van der Waals surface area contributed by atoms with Crippen LogP contribution in [0.3, 0.4) is 0 Å². The fourth-order valence-corrected chi connectivity index (χ4v) is 2.75. The number of carbonyl (C=O) groups excluding carboxylic acids is 1. The molecule has 1 fully saturated rings. The van der Waals surface area contributed by atoms with Crippen LogP contribution in [0.5, 0.6) is 0 Å². The number of amides is 1. The van der Waals surface area contributed by atoms with E-state index in [0.29, 0.717) is 18.0 Å². The Balaban J connectivity index is 0.00000200. The molecule has 2 rings (SSSR count). The second kappa shape index (κ2) is 7.81. The lowest BCUT2D eigenvalue weighted by Gasteiger charge is -2.31. The lowest BCUT2D eigenvalue weighted by molar-refractivity contribution is 0.0908. The molecule has 3 nitrogen and oxygen atoms in total. The molecule has 0 aliphatic heterocycles. The van der Waals surface area contributed by atoms with E-state index in [9.17, 15) is 9.18 Å². The molecule has 1 aromatic carbocycles. The average Bonchev–Trinajstić information content (AvgIpc) is 2.42. The first-order chi connectivity index (χ1) is 9.11. The van der Waals surface area contributed by atoms with Crippen molar-refractivity contribution in [2.75, 3.05) is 6.54 Å². The van der Waals surface area contributed by atoms with Crippen molar-refractivity contribution in [3.8, 4) is 0 Å². The third-order valence-corrected chi connectivity index (χ3v) is 4.00. The zero-order valence-electron chi connectivity index (χ0n) is 11.1. The van der Waals surface area contributed by atoms with Crippen molar-refractivity contribution in [1.82, 2.24) is 5.32 Å². The van der Waals surface area contributed by atoms with E-state index in [-0.39, 0.29) is 29.4 Å². The van der Waals surface area contributed by atoms with E-state index < -0.39 is 5.82 Å². The third-order valence-electron chi connectivity index (χ3n) is 3.71. The number of rotatable bonds is 3. The Morgan fingerprint density at radius 2 is 2.10 bits per heavy atom. The van der Waals surface area contributed by atoms with Crippen LogP contribution >= 0.6 is 24.0 Å². The van der Waals surface area contributed by atoms with Crippen molar-refractivity contribution >= 4 is 29.9 Å². The third kappa shape index (κ3) is 4.08. The van der Waals surface area contributed by atoms with E-state index in [2.05, 4.69) is 5.32 Å². The van der Waals surface area contributed by atoms with Gasteiger partial charge < -0.3 is 11.1 Å². The van der Waals surface area contributed by atoms with E-state index >= 15 is 0 Å². The van der Waals surface area contributed by atoms with Crippen LogP contribution in [0.1, 0.15) is 36.0 Å². The molecule has 3 N–H and O–H groups in total. The zero-order chi connectivity index (χ0) is 13.8. The van der Waals surface area contributed by atoms with Crippen molar-refractivity contribution in [2.24, 2.45) is 11.7 Å². The average molecular weight is 321 g/mol. The van der Waals surface area contributed by atoms with Crippen molar-refractivity contribution in [1.29, 1.82) is 0 Å². The van der Waals surface area contributed by atoms with Crippen LogP contribution < -0.4 is 11.1 Å². The van der Waals surface area contributed by atoms with Crippen LogP contribution in [0.15, 0.2) is 18.2 Å². The molecule has 1 aliphatic carbocycles. The number of nitrogens with two attached hydrogens (primary N) is 1. The number of halogens is 3. The lowest BCUT2D eigenvalue weighted by Crippen LogP contribution is -2.44. The maximum absolute atomic E-state index is 13.1. The molecule has 20 heavy (non-hydrogen) atoms. The van der Waals surface area contributed by atoms with E-state index in [1.807, 2.05) is 0 Å². The molecule has 2 atom stereocenters. The highest BCUT2D eigenvalue weighted by atomic mass is 35.5. The predicted octanol–water partition coefficient (Wildman–Crippen LogP) is 3.15. The van der Waals surface area contributed by atoms with Crippen molar-refractivity contribution in [3.63, 3.8) is 0 Å². The van der Waals surface area contributed by atoms with E-state index in [1.165, 1.54) is 18.2 Å². The van der Waals surface area contributed by atoms with Gasteiger partial charge in [-0.15, -0.1) is 12.4 Å². The molecule has 1 saturated carbocycles. The van der Waals surface area contributed by atoms with Gasteiger partial charge in [-0.25, -0.2) is 4.39 Å². The Labute approximate surface area is 129 Å². The quantitative estimate of drug-likeness (QED) is 0.898. The van der Waals surface area contributed by atoms with Crippen LogP contribution in [0.4, 0.5) is 4.39 Å². The van der Waals surface area contributed by atoms with E-state index in [0.717, 1.165) is 25.7 Å². The van der Waals surface area contributed by atoms with Crippen LogP contribution in [0, 0.1) is 11.7 Å². The Morgan fingerprint density at radius 1 is 1.40 bits per heavy atom. The van der Waals surface area contributed by atoms with Gasteiger partial charge in [-0.05, 0) is 43.5 Å². The van der Waals surface area contributed by atoms with Crippen LogP contribution in [0.2, 0.25) is 5.02 Å². The van der Waals surface area contributed by atoms with Gasteiger partial charge in [0, 0.05) is 11.6 Å². The van der Waals surface area contributed by atoms with Crippen molar-refractivity contribution in [3.05, 3.63) is 34.6 Å². The second-order valence-corrected chi connectivity index (χ2v) is 5.40. The molecule has 2 unspecified atom stereocenters. The van der Waals surface area contributed by atoms with E-state index in [1.54, 1.807) is 0 Å². The predicted molar refractivity (Wildman–Crippen MR) is 80.9 cm³/mol. The van der Waals surface area contributed by atoms with Crippen LogP contribution in [-0.4, -0.2) is 18.5 Å². The summed E-state index contributed by atoms with van der Waals surface area (Å²) in [7, 11) is 0. The standard InChI is InChI=1S/C14H18ClFN2O.ClH/c15-11-7-9(5-6-12(11)16)14(19)18-13-4-2-1-3-10(13)8-17;/h5-7,10,13H,1-4,8,17H2,(H,18,19);1H. The molecule has 0 radical (unpaired) electrons. The number of benzene rings is 1. The Bertz CT molecular complexity index is 470. The van der Waals surface area contributed by atoms with Crippen molar-refractivity contribution in [2.45, 2.75) is 31.7 Å². The Hall–Kier alpha value is -0.840. The Kier molecular flexibility index (Phi) is 6.72. The summed E-state index contributed by atoms with van der Waals surface area (Å²) in [5.41, 5.74) is 6.11. The number of hydrogen-bond donors (Lipinski definition) is 2. The molecule has 1 aliphatic rings. The normalized spacial score (nSPS) is 21.9. The monoisotopic (exact) mass is 320 g/mol. The summed E-state index contributed by atoms with van der Waals surface area (Å²) in [5.74, 6) is -0.406. The van der Waals surface area contributed by atoms with Crippen LogP contribution in [-0.2, 0) is 0 Å². The molecule has 1 aromatic rings. The highest BCUT2D eigenvalue weighted by Gasteiger charge is 2.25. The minimum absolute atomic E-state index is 0. The highest BCUT2D eigenvalue weighted by Crippen LogP contribution is 2.24. The minimum atomic E-state index is -0.518. The molecule has 0 spiro atoms. The van der Waals surface area contributed by atoms with Gasteiger partial charge in [0.15, 0.2) is 0 Å². The Morgan fingerprint density at radius 3 is 2.75 bits per heavy atom. The zero-order valence-corrected chi connectivity index (χ0v) is 12.6. The molecule has 0 aromatic heterocycles. The topological polar surface area (TPSA) is 55.1 Å². The first-order valence-electron chi connectivity index (χ1n) is 6.58. The summed E-state index contributed by atoms with van der Waals surface area (Å²) in [5, 5.41) is 2.95. The molecule has 1 amide bonds. The number of nitrogens with one attached hydrogen (secondary N) is 1. The first-order valence-corrected chi connectivity index (χ1v) is 6.95. The summed E-state index contributed by atoms with van der Waals surface area (Å²) in [6.45, 7) is 0.578. The SMILES string of the molecule is Cl.NCC1CCCCC1NC(=O)c1ccc(F)c(Cl)c1. The molecular weight excluding hydrogens is 302 g/mol. The molecule has 112 valence electrons. The maximum atomic E-state index is 13.1. The fraction of sp³-hybridized carbons (Fsp3) is 0.500. The van der Waals surface area contributed by atoms with Crippen LogP contribution in [0.25, 0.3) is 0 Å². The van der Waals surface area contributed by atoms with Gasteiger partial charge in [0.1, 0.15) is 5.82 Å². The highest BCUT2D eigenvalue weighted by molar-refractivity contribution is 6.31. The van der Waals surface area contributed by atoms with Gasteiger partial charge in [-0.2, -0.15) is 0 Å². The summed E-state index contributed by atoms with van der Waals surface area (Å²) in [6, 6.07) is 4.11.